The van der Waals surface area contributed by atoms with Crippen molar-refractivity contribution in [3.05, 3.63) is 0 Å². The van der Waals surface area contributed by atoms with E-state index in [0.717, 1.165) is 18.8 Å². The van der Waals surface area contributed by atoms with Gasteiger partial charge in [0.05, 0.1) is 5.60 Å². The van der Waals surface area contributed by atoms with E-state index in [1.807, 2.05) is 0 Å². The van der Waals surface area contributed by atoms with Crippen LogP contribution in [0.5, 0.6) is 0 Å². The van der Waals surface area contributed by atoms with Crippen molar-refractivity contribution in [2.45, 2.75) is 70.8 Å². The molecule has 2 aliphatic carbocycles. The molecule has 1 heteroatoms. The van der Waals surface area contributed by atoms with Gasteiger partial charge in [-0.25, -0.2) is 0 Å². The molecular formula is C13H24O. The van der Waals surface area contributed by atoms with Gasteiger partial charge < -0.3 is 5.11 Å². The lowest BCUT2D eigenvalue weighted by atomic mass is 9.55. The van der Waals surface area contributed by atoms with Gasteiger partial charge in [-0.1, -0.05) is 46.0 Å². The van der Waals surface area contributed by atoms with Crippen LogP contribution in [-0.2, 0) is 0 Å². The van der Waals surface area contributed by atoms with Crippen LogP contribution >= 0.6 is 0 Å². The van der Waals surface area contributed by atoms with E-state index < -0.39 is 0 Å². The summed E-state index contributed by atoms with van der Waals surface area (Å²) in [4.78, 5) is 0. The normalized spacial score (nSPS) is 37.9. The lowest BCUT2D eigenvalue weighted by Crippen LogP contribution is -2.54. The van der Waals surface area contributed by atoms with Gasteiger partial charge in [-0.15, -0.1) is 0 Å². The van der Waals surface area contributed by atoms with E-state index in [4.69, 9.17) is 0 Å². The van der Waals surface area contributed by atoms with Crippen molar-refractivity contribution in [1.82, 2.24) is 0 Å². The minimum Gasteiger partial charge on any atom is -0.389 e. The quantitative estimate of drug-likeness (QED) is 0.716. The molecule has 0 amide bonds. The van der Waals surface area contributed by atoms with Crippen LogP contribution < -0.4 is 0 Å². The molecule has 1 atom stereocenters. The van der Waals surface area contributed by atoms with Gasteiger partial charge in [-0.05, 0) is 30.6 Å². The summed E-state index contributed by atoms with van der Waals surface area (Å²) in [6.45, 7) is 4.44. The summed E-state index contributed by atoms with van der Waals surface area (Å²) >= 11 is 0. The summed E-state index contributed by atoms with van der Waals surface area (Å²) < 4.78 is 0. The van der Waals surface area contributed by atoms with E-state index in [2.05, 4.69) is 13.8 Å². The Morgan fingerprint density at radius 1 is 1.07 bits per heavy atom. The molecule has 0 spiro atoms. The Kier molecular flexibility index (Phi) is 2.63. The van der Waals surface area contributed by atoms with Gasteiger partial charge in [0.2, 0.25) is 0 Å². The van der Waals surface area contributed by atoms with Crippen molar-refractivity contribution in [3.8, 4) is 0 Å². The Hall–Kier alpha value is -0.0400. The third-order valence-corrected chi connectivity index (χ3v) is 4.77. The summed E-state index contributed by atoms with van der Waals surface area (Å²) in [7, 11) is 0. The van der Waals surface area contributed by atoms with E-state index in [9.17, 15) is 5.11 Å². The van der Waals surface area contributed by atoms with Crippen molar-refractivity contribution >= 4 is 0 Å². The second-order valence-electron chi connectivity index (χ2n) is 6.12. The lowest BCUT2D eigenvalue weighted by molar-refractivity contribution is -0.162. The van der Waals surface area contributed by atoms with Gasteiger partial charge in [-0.2, -0.15) is 0 Å². The first-order valence-electron chi connectivity index (χ1n) is 6.26. The molecule has 82 valence electrons. The molecule has 0 bridgehead atoms. The van der Waals surface area contributed by atoms with Gasteiger partial charge in [0, 0.05) is 0 Å². The van der Waals surface area contributed by atoms with E-state index in [-0.39, 0.29) is 11.0 Å². The van der Waals surface area contributed by atoms with E-state index in [1.165, 1.54) is 38.5 Å². The maximum Gasteiger partial charge on any atom is 0.0701 e. The summed E-state index contributed by atoms with van der Waals surface area (Å²) in [5, 5.41) is 10.5. The monoisotopic (exact) mass is 196 g/mol. The van der Waals surface area contributed by atoms with Crippen molar-refractivity contribution in [2.75, 3.05) is 0 Å². The van der Waals surface area contributed by atoms with E-state index in [1.54, 1.807) is 0 Å². The van der Waals surface area contributed by atoms with Crippen LogP contribution in [0.25, 0.3) is 0 Å². The zero-order chi connectivity index (χ0) is 10.2. The van der Waals surface area contributed by atoms with Crippen molar-refractivity contribution < 1.29 is 5.11 Å². The number of rotatable bonds is 2. The van der Waals surface area contributed by atoms with Gasteiger partial charge in [0.25, 0.3) is 0 Å². The summed E-state index contributed by atoms with van der Waals surface area (Å²) in [6, 6.07) is 0. The highest BCUT2D eigenvalue weighted by atomic mass is 16.3. The highest BCUT2D eigenvalue weighted by Crippen LogP contribution is 2.53. The molecule has 0 radical (unpaired) electrons. The minimum atomic E-state index is -0.324. The highest BCUT2D eigenvalue weighted by Gasteiger charge is 2.52. The second kappa shape index (κ2) is 3.52. The zero-order valence-electron chi connectivity index (χ0n) is 9.68. The molecule has 0 aromatic rings. The number of hydrogen-bond acceptors (Lipinski definition) is 1. The fourth-order valence-corrected chi connectivity index (χ4v) is 3.16. The second-order valence-corrected chi connectivity index (χ2v) is 6.12. The topological polar surface area (TPSA) is 20.2 Å². The molecule has 0 aromatic carbocycles. The summed E-state index contributed by atoms with van der Waals surface area (Å²) in [5.41, 5.74) is -0.139. The smallest absolute Gasteiger partial charge is 0.0701 e. The Labute approximate surface area is 87.9 Å². The van der Waals surface area contributed by atoms with Gasteiger partial charge >= 0.3 is 0 Å². The van der Waals surface area contributed by atoms with Crippen LogP contribution in [0.15, 0.2) is 0 Å². The molecule has 1 N–H and O–H groups in total. The average molecular weight is 196 g/mol. The first-order valence-corrected chi connectivity index (χ1v) is 6.26. The molecule has 2 aliphatic rings. The van der Waals surface area contributed by atoms with E-state index >= 15 is 0 Å². The lowest BCUT2D eigenvalue weighted by Gasteiger charge is -2.54. The Morgan fingerprint density at radius 3 is 2.14 bits per heavy atom. The largest absolute Gasteiger partial charge is 0.389 e. The first-order chi connectivity index (χ1) is 6.54. The summed E-state index contributed by atoms with van der Waals surface area (Å²) in [6.07, 6.45) is 10.2. The highest BCUT2D eigenvalue weighted by molar-refractivity contribution is 5.03. The Balaban J connectivity index is 1.90. The van der Waals surface area contributed by atoms with Gasteiger partial charge in [-0.3, -0.25) is 0 Å². The molecular weight excluding hydrogens is 172 g/mol. The molecule has 1 unspecified atom stereocenters. The maximum absolute atomic E-state index is 10.5. The maximum atomic E-state index is 10.5. The molecule has 2 rings (SSSR count). The van der Waals surface area contributed by atoms with Gasteiger partial charge in [0.1, 0.15) is 0 Å². The van der Waals surface area contributed by atoms with Gasteiger partial charge in [0.15, 0.2) is 0 Å². The Bertz CT molecular complexity index is 203. The van der Waals surface area contributed by atoms with E-state index in [0.29, 0.717) is 0 Å². The van der Waals surface area contributed by atoms with Crippen molar-refractivity contribution in [3.63, 3.8) is 0 Å². The zero-order valence-corrected chi connectivity index (χ0v) is 9.68. The van der Waals surface area contributed by atoms with Crippen molar-refractivity contribution in [1.29, 1.82) is 0 Å². The van der Waals surface area contributed by atoms with Crippen LogP contribution in [0.4, 0.5) is 0 Å². The molecule has 0 aliphatic heterocycles. The van der Waals surface area contributed by atoms with Crippen molar-refractivity contribution in [2.24, 2.45) is 11.3 Å². The molecule has 0 heterocycles. The third-order valence-electron chi connectivity index (χ3n) is 4.77. The Morgan fingerprint density at radius 2 is 1.71 bits per heavy atom. The fourth-order valence-electron chi connectivity index (χ4n) is 3.16. The minimum absolute atomic E-state index is 0.185. The molecule has 1 nitrogen and oxygen atoms in total. The number of aliphatic hydroxyl groups is 1. The van der Waals surface area contributed by atoms with Crippen LogP contribution in [-0.4, -0.2) is 10.7 Å². The van der Waals surface area contributed by atoms with Crippen LogP contribution in [0.3, 0.4) is 0 Å². The molecule has 0 saturated heterocycles. The van der Waals surface area contributed by atoms with Crippen LogP contribution in [0, 0.1) is 11.3 Å². The molecule has 2 fully saturated rings. The SMILES string of the molecule is CC1(C)CCC1(O)CC1CCCCC1. The molecule has 2 saturated carbocycles. The number of hydrogen-bond donors (Lipinski definition) is 1. The average Bonchev–Trinajstić information content (AvgIpc) is 2.18. The predicted octanol–water partition coefficient (Wildman–Crippen LogP) is 3.51. The predicted molar refractivity (Wildman–Crippen MR) is 59.2 cm³/mol. The third kappa shape index (κ3) is 1.71. The van der Waals surface area contributed by atoms with Crippen LogP contribution in [0.1, 0.15) is 65.2 Å². The van der Waals surface area contributed by atoms with Crippen LogP contribution in [0.2, 0.25) is 0 Å². The molecule has 14 heavy (non-hydrogen) atoms. The fraction of sp³-hybridized carbons (Fsp3) is 1.00. The standard InChI is InChI=1S/C13H24O/c1-12(2)8-9-13(12,14)10-11-6-4-3-5-7-11/h11,14H,3-10H2,1-2H3. The summed E-state index contributed by atoms with van der Waals surface area (Å²) in [5.74, 6) is 0.813. The first kappa shape index (κ1) is 10.5. The molecule has 0 aromatic heterocycles.